The molecule has 4 rings (SSSR count). The van der Waals surface area contributed by atoms with Gasteiger partial charge in [0.05, 0.1) is 12.5 Å². The predicted octanol–water partition coefficient (Wildman–Crippen LogP) is 7.85. The topological polar surface area (TPSA) is 9.23 Å². The molecule has 0 saturated heterocycles. The second-order valence-corrected chi connectivity index (χ2v) is 10.1. The summed E-state index contributed by atoms with van der Waals surface area (Å²) < 4.78 is 32.3. The molecule has 0 aromatic heterocycles. The van der Waals surface area contributed by atoms with Crippen molar-refractivity contribution in [2.45, 2.75) is 89.9 Å². The molecule has 0 radical (unpaired) electrons. The Balaban J connectivity index is 1.21. The normalized spacial score (nSPS) is 36.6. The molecule has 0 N–H and O–H groups in total. The van der Waals surface area contributed by atoms with Crippen molar-refractivity contribution in [1.82, 2.24) is 0 Å². The Morgan fingerprint density at radius 1 is 0.897 bits per heavy atom. The molecule has 0 spiro atoms. The van der Waals surface area contributed by atoms with Gasteiger partial charge in [0.15, 0.2) is 0 Å². The lowest BCUT2D eigenvalue weighted by Crippen LogP contribution is -2.25. The number of alkyl halides is 2. The molecule has 2 unspecified atom stereocenters. The van der Waals surface area contributed by atoms with Gasteiger partial charge in [-0.15, -0.1) is 0 Å². The lowest BCUT2D eigenvalue weighted by Gasteiger charge is -2.38. The maximum Gasteiger partial charge on any atom is 0.257 e. The van der Waals surface area contributed by atoms with Crippen molar-refractivity contribution < 1.29 is 13.5 Å². The summed E-state index contributed by atoms with van der Waals surface area (Å²) in [6.45, 7) is 4.04. The summed E-state index contributed by atoms with van der Waals surface area (Å²) in [4.78, 5) is 0. The van der Waals surface area contributed by atoms with Gasteiger partial charge in [0.2, 0.25) is 0 Å². The lowest BCUT2D eigenvalue weighted by molar-refractivity contribution is 0.0765. The molecule has 3 heteroatoms. The maximum atomic E-state index is 13.3. The van der Waals surface area contributed by atoms with Crippen LogP contribution in [0.5, 0.6) is 5.75 Å². The maximum absolute atomic E-state index is 13.3. The molecule has 1 aromatic rings. The first-order valence-electron chi connectivity index (χ1n) is 12.1. The molecule has 0 amide bonds. The summed E-state index contributed by atoms with van der Waals surface area (Å²) in [7, 11) is 0. The van der Waals surface area contributed by atoms with E-state index < -0.39 is 17.8 Å². The van der Waals surface area contributed by atoms with Crippen LogP contribution in [0.15, 0.2) is 24.3 Å². The Hall–Kier alpha value is -1.12. The minimum atomic E-state index is -2.53. The van der Waals surface area contributed by atoms with Crippen molar-refractivity contribution >= 4 is 0 Å². The molecular weight excluding hydrogens is 366 g/mol. The number of rotatable bonds is 7. The largest absolute Gasteiger partial charge is 0.493 e. The van der Waals surface area contributed by atoms with Gasteiger partial charge < -0.3 is 4.74 Å². The summed E-state index contributed by atoms with van der Waals surface area (Å²) in [5, 5.41) is 0. The van der Waals surface area contributed by atoms with E-state index in [2.05, 4.69) is 19.1 Å². The number of ether oxygens (including phenoxy) is 1. The average Bonchev–Trinajstić information content (AvgIpc) is 3.23. The molecule has 3 saturated carbocycles. The van der Waals surface area contributed by atoms with Gasteiger partial charge in [0.1, 0.15) is 5.75 Å². The Morgan fingerprint density at radius 3 is 1.97 bits per heavy atom. The van der Waals surface area contributed by atoms with E-state index in [1.165, 1.54) is 69.8 Å². The number of halogens is 2. The van der Waals surface area contributed by atoms with Crippen LogP contribution in [0.25, 0.3) is 0 Å². The van der Waals surface area contributed by atoms with E-state index in [1.54, 1.807) is 6.92 Å². The van der Waals surface area contributed by atoms with Gasteiger partial charge in [0.25, 0.3) is 5.92 Å². The Labute approximate surface area is 175 Å². The molecule has 1 nitrogen and oxygen atoms in total. The number of hydrogen-bond donors (Lipinski definition) is 0. The zero-order valence-electron chi connectivity index (χ0n) is 18.2. The molecule has 0 heterocycles. The van der Waals surface area contributed by atoms with Crippen molar-refractivity contribution in [3.8, 4) is 5.75 Å². The van der Waals surface area contributed by atoms with Gasteiger partial charge in [-0.25, -0.2) is 8.78 Å². The van der Waals surface area contributed by atoms with Crippen LogP contribution in [0, 0.1) is 29.6 Å². The monoisotopic (exact) mass is 404 g/mol. The molecule has 29 heavy (non-hydrogen) atoms. The molecule has 3 aliphatic carbocycles. The van der Waals surface area contributed by atoms with Crippen LogP contribution in [0.3, 0.4) is 0 Å². The highest BCUT2D eigenvalue weighted by Gasteiger charge is 2.65. The van der Waals surface area contributed by atoms with Crippen molar-refractivity contribution in [2.24, 2.45) is 29.6 Å². The van der Waals surface area contributed by atoms with Crippen molar-refractivity contribution in [2.75, 3.05) is 6.61 Å². The van der Waals surface area contributed by atoms with Crippen LogP contribution in [0.1, 0.15) is 89.5 Å². The second-order valence-electron chi connectivity index (χ2n) is 10.1. The summed E-state index contributed by atoms with van der Waals surface area (Å²) in [6, 6.07) is 8.26. The summed E-state index contributed by atoms with van der Waals surface area (Å²) in [5.41, 5.74) is 1.40. The molecule has 162 valence electrons. The van der Waals surface area contributed by atoms with Crippen LogP contribution in [0.4, 0.5) is 8.78 Å². The minimum Gasteiger partial charge on any atom is -0.493 e. The highest BCUT2D eigenvalue weighted by molar-refractivity contribution is 5.30. The fraction of sp³-hybridized carbons (Fsp3) is 0.769. The first kappa shape index (κ1) is 21.1. The molecule has 2 atom stereocenters. The van der Waals surface area contributed by atoms with Crippen LogP contribution in [0.2, 0.25) is 0 Å². The quantitative estimate of drug-likeness (QED) is 0.449. The zero-order chi connectivity index (χ0) is 20.4. The summed E-state index contributed by atoms with van der Waals surface area (Å²) in [5.74, 6) is 0.608. The fourth-order valence-electron chi connectivity index (χ4n) is 6.12. The van der Waals surface area contributed by atoms with E-state index in [4.69, 9.17) is 4.74 Å². The number of hydrogen-bond acceptors (Lipinski definition) is 1. The molecule has 1 aromatic carbocycles. The second kappa shape index (κ2) is 8.94. The molecule has 0 aliphatic heterocycles. The third-order valence-electron chi connectivity index (χ3n) is 8.40. The predicted molar refractivity (Wildman–Crippen MR) is 115 cm³/mol. The van der Waals surface area contributed by atoms with Gasteiger partial charge in [0, 0.05) is 5.92 Å². The van der Waals surface area contributed by atoms with E-state index in [9.17, 15) is 8.78 Å². The van der Waals surface area contributed by atoms with Crippen LogP contribution in [-0.2, 0) is 0 Å². The molecule has 3 aliphatic rings. The first-order chi connectivity index (χ1) is 14.0. The molecule has 3 fully saturated rings. The van der Waals surface area contributed by atoms with E-state index in [1.807, 2.05) is 12.1 Å². The van der Waals surface area contributed by atoms with Crippen molar-refractivity contribution in [3.63, 3.8) is 0 Å². The Kier molecular flexibility index (Phi) is 6.51. The van der Waals surface area contributed by atoms with E-state index in [-0.39, 0.29) is 6.61 Å². The third-order valence-corrected chi connectivity index (χ3v) is 8.40. The first-order valence-corrected chi connectivity index (χ1v) is 12.1. The fourth-order valence-corrected chi connectivity index (χ4v) is 6.12. The molecular formula is C26H38F2O. The van der Waals surface area contributed by atoms with E-state index in [0.29, 0.717) is 5.92 Å². The smallest absolute Gasteiger partial charge is 0.257 e. The van der Waals surface area contributed by atoms with Gasteiger partial charge >= 0.3 is 0 Å². The van der Waals surface area contributed by atoms with Crippen molar-refractivity contribution in [3.05, 3.63) is 29.8 Å². The minimum absolute atomic E-state index is 0.124. The van der Waals surface area contributed by atoms with Gasteiger partial charge in [-0.2, -0.15) is 0 Å². The SMILES string of the molecule is CCC[C@H]1CC[C@H](C2CCC(c3ccc(OCC4C(C)C4(F)F)cc3)CC2)CC1. The lowest BCUT2D eigenvalue weighted by atomic mass is 9.68. The van der Waals surface area contributed by atoms with E-state index in [0.717, 1.165) is 23.5 Å². The van der Waals surface area contributed by atoms with Crippen molar-refractivity contribution in [1.29, 1.82) is 0 Å². The van der Waals surface area contributed by atoms with Crippen LogP contribution in [-0.4, -0.2) is 12.5 Å². The van der Waals surface area contributed by atoms with Gasteiger partial charge in [-0.3, -0.25) is 0 Å². The Bertz CT molecular complexity index is 639. The van der Waals surface area contributed by atoms with Gasteiger partial charge in [-0.05, 0) is 79.9 Å². The average molecular weight is 405 g/mol. The van der Waals surface area contributed by atoms with Gasteiger partial charge in [-0.1, -0.05) is 51.7 Å². The third kappa shape index (κ3) is 4.80. The standard InChI is InChI=1S/C26H38F2O/c1-3-4-19-5-7-20(8-6-19)21-9-11-22(12-10-21)23-13-15-24(16-14-23)29-17-25-18(2)26(25,27)28/h13-16,18-22,25H,3-12,17H2,1-2H3/t18?,19-,20-,21?,22?,25?. The molecule has 0 bridgehead atoms. The highest BCUT2D eigenvalue weighted by atomic mass is 19.3. The Morgan fingerprint density at radius 2 is 1.45 bits per heavy atom. The van der Waals surface area contributed by atoms with E-state index >= 15 is 0 Å². The van der Waals surface area contributed by atoms with Crippen LogP contribution < -0.4 is 4.74 Å². The summed E-state index contributed by atoms with van der Waals surface area (Å²) >= 11 is 0. The van der Waals surface area contributed by atoms with Crippen LogP contribution >= 0.6 is 0 Å². The summed E-state index contributed by atoms with van der Waals surface area (Å²) in [6.07, 6.45) is 14.0. The zero-order valence-corrected chi connectivity index (χ0v) is 18.2. The highest BCUT2D eigenvalue weighted by Crippen LogP contribution is 2.54. The number of benzene rings is 1.